The van der Waals surface area contributed by atoms with Crippen LogP contribution in [0.2, 0.25) is 0 Å². The van der Waals surface area contributed by atoms with Crippen LogP contribution in [0.5, 0.6) is 5.75 Å². The number of rotatable bonds is 0. The largest absolute Gasteiger partial charge is 0.465 e. The third-order valence-corrected chi connectivity index (χ3v) is 7.27. The van der Waals surface area contributed by atoms with E-state index in [1.54, 1.807) is 0 Å². The molecule has 0 aromatic heterocycles. The highest BCUT2D eigenvalue weighted by atomic mass is 16.5. The van der Waals surface area contributed by atoms with Crippen LogP contribution in [0.15, 0.2) is 36.1 Å². The number of ether oxygens (including phenoxy) is 1. The van der Waals surface area contributed by atoms with E-state index in [9.17, 15) is 20.1 Å². The Bertz CT molecular complexity index is 827. The van der Waals surface area contributed by atoms with Crippen molar-refractivity contribution in [1.29, 1.82) is 0 Å². The van der Waals surface area contributed by atoms with Crippen molar-refractivity contribution in [2.75, 3.05) is 0 Å². The Morgan fingerprint density at radius 3 is 2.68 bits per heavy atom. The van der Waals surface area contributed by atoms with E-state index in [0.717, 1.165) is 11.3 Å². The summed E-state index contributed by atoms with van der Waals surface area (Å²) >= 11 is 0. The SMILES string of the molecule is CC1(C)[C@H]2C(=COc3ccccc32)[C@]2(O)C(=O)C[C@@]3(O)C[C@H]1[C@H]2[C@H]3O. The Labute approximate surface area is 145 Å². The van der Waals surface area contributed by atoms with Gasteiger partial charge in [0.2, 0.25) is 0 Å². The summed E-state index contributed by atoms with van der Waals surface area (Å²) in [4.78, 5) is 12.9. The average Bonchev–Trinajstić information content (AvgIpc) is 2.79. The number of carbonyl (C=O) groups excluding carboxylic acids is 1. The smallest absolute Gasteiger partial charge is 0.172 e. The molecule has 6 atom stereocenters. The molecule has 2 bridgehead atoms. The Hall–Kier alpha value is -1.69. The van der Waals surface area contributed by atoms with Crippen molar-refractivity contribution in [3.05, 3.63) is 41.7 Å². The summed E-state index contributed by atoms with van der Waals surface area (Å²) in [6.07, 6.45) is 0.489. The average molecular weight is 342 g/mol. The van der Waals surface area contributed by atoms with Crippen molar-refractivity contribution in [3.63, 3.8) is 0 Å². The first-order valence-electron chi connectivity index (χ1n) is 8.83. The molecule has 3 fully saturated rings. The highest BCUT2D eigenvalue weighted by molar-refractivity contribution is 5.94. The maximum atomic E-state index is 12.9. The van der Waals surface area contributed by atoms with Crippen LogP contribution in [0.1, 0.15) is 38.2 Å². The Morgan fingerprint density at radius 1 is 1.20 bits per heavy atom. The van der Waals surface area contributed by atoms with Gasteiger partial charge in [-0.2, -0.15) is 0 Å². The quantitative estimate of drug-likeness (QED) is 0.665. The lowest BCUT2D eigenvalue weighted by molar-refractivity contribution is -0.180. The van der Waals surface area contributed by atoms with E-state index in [-0.39, 0.29) is 23.7 Å². The first kappa shape index (κ1) is 15.6. The molecule has 5 nitrogen and oxygen atoms in total. The first-order chi connectivity index (χ1) is 11.7. The molecular weight excluding hydrogens is 320 g/mol. The topological polar surface area (TPSA) is 87.0 Å². The van der Waals surface area contributed by atoms with Crippen LogP contribution >= 0.6 is 0 Å². The summed E-state index contributed by atoms with van der Waals surface area (Å²) in [5, 5.41) is 33.1. The summed E-state index contributed by atoms with van der Waals surface area (Å²) in [6, 6.07) is 7.66. The number of para-hydroxylation sites is 1. The lowest BCUT2D eigenvalue weighted by Gasteiger charge is -2.57. The molecule has 3 aliphatic carbocycles. The number of hydrogen-bond donors (Lipinski definition) is 3. The number of carbonyl (C=O) groups is 1. The van der Waals surface area contributed by atoms with Crippen LogP contribution in [-0.4, -0.2) is 38.4 Å². The highest BCUT2D eigenvalue weighted by Gasteiger charge is 2.74. The van der Waals surface area contributed by atoms with Crippen LogP contribution in [0.3, 0.4) is 0 Å². The zero-order valence-electron chi connectivity index (χ0n) is 14.3. The fourth-order valence-electron chi connectivity index (χ4n) is 6.07. The maximum Gasteiger partial charge on any atom is 0.172 e. The molecule has 5 rings (SSSR count). The molecule has 0 spiro atoms. The fraction of sp³-hybridized carbons (Fsp3) is 0.550. The zero-order valence-corrected chi connectivity index (χ0v) is 14.3. The van der Waals surface area contributed by atoms with E-state index in [0.29, 0.717) is 12.0 Å². The van der Waals surface area contributed by atoms with Gasteiger partial charge in [-0.15, -0.1) is 0 Å². The van der Waals surface area contributed by atoms with Gasteiger partial charge in [0, 0.05) is 29.4 Å². The van der Waals surface area contributed by atoms with Crippen molar-refractivity contribution in [3.8, 4) is 5.75 Å². The van der Waals surface area contributed by atoms with Crippen LogP contribution in [0.25, 0.3) is 0 Å². The van der Waals surface area contributed by atoms with Crippen LogP contribution in [0, 0.1) is 17.3 Å². The molecule has 3 N–H and O–H groups in total. The molecule has 25 heavy (non-hydrogen) atoms. The number of benzene rings is 1. The molecule has 1 aliphatic heterocycles. The third kappa shape index (κ3) is 1.58. The minimum absolute atomic E-state index is 0.169. The van der Waals surface area contributed by atoms with E-state index < -0.39 is 29.0 Å². The van der Waals surface area contributed by atoms with Crippen LogP contribution in [-0.2, 0) is 4.79 Å². The van der Waals surface area contributed by atoms with Gasteiger partial charge in [0.1, 0.15) is 5.75 Å². The number of aliphatic hydroxyl groups excluding tert-OH is 1. The lowest BCUT2D eigenvalue weighted by atomic mass is 9.49. The molecule has 1 aromatic rings. The summed E-state index contributed by atoms with van der Waals surface area (Å²) in [5.41, 5.74) is -2.10. The van der Waals surface area contributed by atoms with Gasteiger partial charge < -0.3 is 20.1 Å². The monoisotopic (exact) mass is 342 g/mol. The van der Waals surface area contributed by atoms with Crippen molar-refractivity contribution in [1.82, 2.24) is 0 Å². The Morgan fingerprint density at radius 2 is 1.92 bits per heavy atom. The van der Waals surface area contributed by atoms with E-state index in [4.69, 9.17) is 4.74 Å². The number of Topliss-reactive ketones (excluding diaryl/α,β-unsaturated/α-hetero) is 1. The Balaban J connectivity index is 1.79. The normalized spacial score (nSPS) is 46.0. The molecule has 0 amide bonds. The van der Waals surface area contributed by atoms with E-state index in [1.807, 2.05) is 24.3 Å². The summed E-state index contributed by atoms with van der Waals surface area (Å²) in [5.74, 6) is -0.754. The molecule has 4 aliphatic rings. The second kappa shape index (κ2) is 4.34. The van der Waals surface area contributed by atoms with Gasteiger partial charge in [-0.3, -0.25) is 4.79 Å². The molecule has 0 radical (unpaired) electrons. The molecule has 5 heteroatoms. The van der Waals surface area contributed by atoms with Gasteiger partial charge in [-0.1, -0.05) is 32.0 Å². The standard InChI is InChI=1S/C20H22O5/c1-18(2)11-7-19(23)8-14(21)20(24,16(11)17(19)22)12-9-25-13-6-4-3-5-10(13)15(12)18/h3-6,9,11,15-17,22-24H,7-8H2,1-2H3/t11-,15+,16-,17+,19-,20-/m0/s1. The van der Waals surface area contributed by atoms with Gasteiger partial charge >= 0.3 is 0 Å². The summed E-state index contributed by atoms with van der Waals surface area (Å²) in [7, 11) is 0. The molecule has 3 saturated carbocycles. The van der Waals surface area contributed by atoms with Gasteiger partial charge in [0.25, 0.3) is 0 Å². The predicted octanol–water partition coefficient (Wildman–Crippen LogP) is 1.52. The van der Waals surface area contributed by atoms with Crippen molar-refractivity contribution in [2.45, 2.75) is 49.9 Å². The Kier molecular flexibility index (Phi) is 2.70. The minimum Gasteiger partial charge on any atom is -0.465 e. The number of fused-ring (bicyclic) bond motifs is 5. The van der Waals surface area contributed by atoms with Gasteiger partial charge in [0.05, 0.1) is 18.0 Å². The second-order valence-corrected chi connectivity index (χ2v) is 8.73. The highest BCUT2D eigenvalue weighted by Crippen LogP contribution is 2.69. The van der Waals surface area contributed by atoms with Gasteiger partial charge in [0.15, 0.2) is 11.4 Å². The fourth-order valence-corrected chi connectivity index (χ4v) is 6.07. The van der Waals surface area contributed by atoms with Crippen molar-refractivity contribution >= 4 is 5.78 Å². The molecular formula is C20H22O5. The minimum atomic E-state index is -1.78. The van der Waals surface area contributed by atoms with Crippen LogP contribution < -0.4 is 4.74 Å². The number of ketones is 1. The molecule has 1 heterocycles. The lowest BCUT2D eigenvalue weighted by Crippen LogP contribution is -2.66. The van der Waals surface area contributed by atoms with E-state index in [1.165, 1.54) is 6.26 Å². The van der Waals surface area contributed by atoms with Gasteiger partial charge in [-0.05, 0) is 23.8 Å². The van der Waals surface area contributed by atoms with E-state index >= 15 is 0 Å². The third-order valence-electron chi connectivity index (χ3n) is 7.27. The van der Waals surface area contributed by atoms with E-state index in [2.05, 4.69) is 13.8 Å². The van der Waals surface area contributed by atoms with Crippen molar-refractivity contribution in [2.24, 2.45) is 17.3 Å². The summed E-state index contributed by atoms with van der Waals surface area (Å²) < 4.78 is 5.74. The number of aliphatic hydroxyl groups is 3. The summed E-state index contributed by atoms with van der Waals surface area (Å²) in [6.45, 7) is 4.19. The zero-order chi connectivity index (χ0) is 17.8. The second-order valence-electron chi connectivity index (χ2n) is 8.73. The molecule has 0 unspecified atom stereocenters. The van der Waals surface area contributed by atoms with Crippen molar-refractivity contribution < 1.29 is 24.9 Å². The first-order valence-corrected chi connectivity index (χ1v) is 8.83. The maximum absolute atomic E-state index is 12.9. The van der Waals surface area contributed by atoms with Crippen LogP contribution in [0.4, 0.5) is 0 Å². The number of hydrogen-bond acceptors (Lipinski definition) is 5. The predicted molar refractivity (Wildman–Crippen MR) is 88.8 cm³/mol. The molecule has 132 valence electrons. The molecule has 1 aromatic carbocycles. The molecule has 0 saturated heterocycles. The van der Waals surface area contributed by atoms with Gasteiger partial charge in [-0.25, -0.2) is 0 Å².